The van der Waals surface area contributed by atoms with Gasteiger partial charge in [-0.05, 0) is 42.7 Å². The topological polar surface area (TPSA) is 66.4 Å². The second-order valence-electron chi connectivity index (χ2n) is 4.90. The highest BCUT2D eigenvalue weighted by Gasteiger charge is 2.13. The lowest BCUT2D eigenvalue weighted by molar-refractivity contribution is -0.136. The van der Waals surface area contributed by atoms with Gasteiger partial charge in [0.15, 0.2) is 0 Å². The minimum atomic E-state index is -1.10. The van der Waals surface area contributed by atoms with Gasteiger partial charge in [-0.15, -0.1) is 11.3 Å². The van der Waals surface area contributed by atoms with Crippen molar-refractivity contribution in [1.82, 2.24) is 0 Å². The van der Waals surface area contributed by atoms with Gasteiger partial charge in [-0.1, -0.05) is 13.0 Å². The summed E-state index contributed by atoms with van der Waals surface area (Å²) in [6, 6.07) is 5.82. The number of amides is 1. The van der Waals surface area contributed by atoms with Crippen molar-refractivity contribution in [3.8, 4) is 0 Å². The molecule has 2 aromatic rings. The Labute approximate surface area is 131 Å². The van der Waals surface area contributed by atoms with E-state index in [1.807, 2.05) is 19.9 Å². The Hall–Kier alpha value is -2.21. The zero-order valence-corrected chi connectivity index (χ0v) is 13.1. The predicted molar refractivity (Wildman–Crippen MR) is 84.1 cm³/mol. The number of carboxylic acids is 1. The smallest absolute Gasteiger partial charge is 0.307 e. The van der Waals surface area contributed by atoms with Crippen LogP contribution in [0.2, 0.25) is 0 Å². The minimum Gasteiger partial charge on any atom is -0.481 e. The molecule has 4 nitrogen and oxygen atoms in total. The van der Waals surface area contributed by atoms with E-state index in [2.05, 4.69) is 5.32 Å². The molecule has 22 heavy (non-hydrogen) atoms. The van der Waals surface area contributed by atoms with Crippen molar-refractivity contribution >= 4 is 28.9 Å². The van der Waals surface area contributed by atoms with E-state index in [4.69, 9.17) is 5.11 Å². The fraction of sp³-hybridized carbons (Fsp3) is 0.250. The highest BCUT2D eigenvalue weighted by Crippen LogP contribution is 2.24. The molecule has 0 aliphatic carbocycles. The van der Waals surface area contributed by atoms with Crippen molar-refractivity contribution in [1.29, 1.82) is 0 Å². The molecular formula is C16H16FNO3S. The van der Waals surface area contributed by atoms with E-state index >= 15 is 0 Å². The number of carboxylic acid groups (broad SMARTS) is 1. The van der Waals surface area contributed by atoms with Gasteiger partial charge in [-0.25, -0.2) is 4.39 Å². The number of nitrogens with one attached hydrogen (secondary N) is 1. The fourth-order valence-electron chi connectivity index (χ4n) is 2.11. The lowest BCUT2D eigenvalue weighted by atomic mass is 10.1. The molecule has 1 aromatic carbocycles. The first-order chi connectivity index (χ1) is 10.4. The molecule has 1 heterocycles. The maximum atomic E-state index is 13.8. The quantitative estimate of drug-likeness (QED) is 0.883. The monoisotopic (exact) mass is 321 g/mol. The number of hydrogen-bond acceptors (Lipinski definition) is 3. The highest BCUT2D eigenvalue weighted by molar-refractivity contribution is 7.14. The summed E-state index contributed by atoms with van der Waals surface area (Å²) in [5.41, 5.74) is 1.46. The van der Waals surface area contributed by atoms with Crippen LogP contribution in [0.25, 0.3) is 0 Å². The average Bonchev–Trinajstić information content (AvgIpc) is 2.83. The number of aliphatic carboxylic acids is 1. The van der Waals surface area contributed by atoms with Crippen molar-refractivity contribution in [3.63, 3.8) is 0 Å². The molecule has 2 rings (SSSR count). The third-order valence-electron chi connectivity index (χ3n) is 3.22. The van der Waals surface area contributed by atoms with Crippen LogP contribution in [0.15, 0.2) is 24.3 Å². The number of rotatable bonds is 5. The number of halogens is 1. The van der Waals surface area contributed by atoms with E-state index in [1.165, 1.54) is 23.5 Å². The summed E-state index contributed by atoms with van der Waals surface area (Å²) in [5, 5.41) is 11.3. The SMILES string of the molecule is CCc1sc(C(=O)Nc2ccc(CC(=O)O)c(F)c2)cc1C. The van der Waals surface area contributed by atoms with E-state index in [1.54, 1.807) is 0 Å². The van der Waals surface area contributed by atoms with Crippen molar-refractivity contribution in [2.24, 2.45) is 0 Å². The van der Waals surface area contributed by atoms with Crippen LogP contribution in [0.1, 0.15) is 32.6 Å². The van der Waals surface area contributed by atoms with Crippen molar-refractivity contribution in [3.05, 3.63) is 51.0 Å². The summed E-state index contributed by atoms with van der Waals surface area (Å²) in [4.78, 5) is 24.5. The Morgan fingerprint density at radius 3 is 2.59 bits per heavy atom. The maximum Gasteiger partial charge on any atom is 0.307 e. The van der Waals surface area contributed by atoms with Gasteiger partial charge in [0, 0.05) is 10.6 Å². The summed E-state index contributed by atoms with van der Waals surface area (Å²) in [7, 11) is 0. The molecule has 0 atom stereocenters. The highest BCUT2D eigenvalue weighted by atomic mass is 32.1. The number of anilines is 1. The molecule has 1 amide bonds. The number of carbonyl (C=O) groups is 2. The Bertz CT molecular complexity index is 724. The summed E-state index contributed by atoms with van der Waals surface area (Å²) < 4.78 is 13.8. The number of benzene rings is 1. The van der Waals surface area contributed by atoms with Crippen LogP contribution in [0.4, 0.5) is 10.1 Å². The molecule has 0 unspecified atom stereocenters. The molecular weight excluding hydrogens is 305 g/mol. The van der Waals surface area contributed by atoms with Gasteiger partial charge < -0.3 is 10.4 Å². The van der Waals surface area contributed by atoms with Gasteiger partial charge in [-0.3, -0.25) is 9.59 Å². The van der Waals surface area contributed by atoms with Gasteiger partial charge in [0.05, 0.1) is 11.3 Å². The predicted octanol–water partition coefficient (Wildman–Crippen LogP) is 3.64. The molecule has 2 N–H and O–H groups in total. The van der Waals surface area contributed by atoms with E-state index in [-0.39, 0.29) is 17.9 Å². The Balaban J connectivity index is 2.14. The second-order valence-corrected chi connectivity index (χ2v) is 6.04. The summed E-state index contributed by atoms with van der Waals surface area (Å²) in [6.45, 7) is 3.98. The standard InChI is InChI=1S/C16H16FNO3S/c1-3-13-9(2)6-14(22-13)16(21)18-11-5-4-10(7-15(19)20)12(17)8-11/h4-6,8H,3,7H2,1-2H3,(H,18,21)(H,19,20). The Morgan fingerprint density at radius 1 is 1.32 bits per heavy atom. The van der Waals surface area contributed by atoms with Crippen LogP contribution in [0.3, 0.4) is 0 Å². The van der Waals surface area contributed by atoms with Crippen LogP contribution >= 0.6 is 11.3 Å². The first-order valence-electron chi connectivity index (χ1n) is 6.81. The normalized spacial score (nSPS) is 10.5. The molecule has 0 aliphatic rings. The lowest BCUT2D eigenvalue weighted by Gasteiger charge is -2.06. The van der Waals surface area contributed by atoms with Crippen LogP contribution in [0, 0.1) is 12.7 Å². The maximum absolute atomic E-state index is 13.8. The number of hydrogen-bond donors (Lipinski definition) is 2. The first kappa shape index (κ1) is 16.2. The Kier molecular flexibility index (Phi) is 4.92. The van der Waals surface area contributed by atoms with Crippen LogP contribution in [0.5, 0.6) is 0 Å². The van der Waals surface area contributed by atoms with Crippen molar-refractivity contribution < 1.29 is 19.1 Å². The number of aryl methyl sites for hydroxylation is 2. The van der Waals surface area contributed by atoms with Crippen LogP contribution < -0.4 is 5.32 Å². The van der Waals surface area contributed by atoms with Crippen LogP contribution in [-0.4, -0.2) is 17.0 Å². The number of carbonyl (C=O) groups excluding carboxylic acids is 1. The lowest BCUT2D eigenvalue weighted by Crippen LogP contribution is -2.11. The molecule has 0 aliphatic heterocycles. The van der Waals surface area contributed by atoms with Gasteiger partial charge in [0.2, 0.25) is 0 Å². The molecule has 1 aromatic heterocycles. The summed E-state index contributed by atoms with van der Waals surface area (Å²) in [6.07, 6.45) is 0.479. The molecule has 0 saturated carbocycles. The van der Waals surface area contributed by atoms with E-state index in [9.17, 15) is 14.0 Å². The number of thiophene rings is 1. The molecule has 116 valence electrons. The van der Waals surface area contributed by atoms with E-state index < -0.39 is 11.8 Å². The third kappa shape index (κ3) is 3.71. The molecule has 0 bridgehead atoms. The third-order valence-corrected chi connectivity index (χ3v) is 4.60. The second kappa shape index (κ2) is 6.70. The van der Waals surface area contributed by atoms with Gasteiger partial charge in [-0.2, -0.15) is 0 Å². The van der Waals surface area contributed by atoms with Crippen molar-refractivity contribution in [2.45, 2.75) is 26.7 Å². The molecule has 6 heteroatoms. The van der Waals surface area contributed by atoms with Crippen molar-refractivity contribution in [2.75, 3.05) is 5.32 Å². The minimum absolute atomic E-state index is 0.0886. The van der Waals surface area contributed by atoms with Crippen LogP contribution in [-0.2, 0) is 17.6 Å². The fourth-order valence-corrected chi connectivity index (χ4v) is 3.12. The van der Waals surface area contributed by atoms with Gasteiger partial charge in [0.25, 0.3) is 5.91 Å². The van der Waals surface area contributed by atoms with Gasteiger partial charge in [0.1, 0.15) is 5.82 Å². The average molecular weight is 321 g/mol. The zero-order chi connectivity index (χ0) is 16.3. The van der Waals surface area contributed by atoms with Gasteiger partial charge >= 0.3 is 5.97 Å². The Morgan fingerprint density at radius 2 is 2.05 bits per heavy atom. The molecule has 0 fully saturated rings. The zero-order valence-electron chi connectivity index (χ0n) is 12.3. The molecule has 0 radical (unpaired) electrons. The molecule has 0 spiro atoms. The summed E-state index contributed by atoms with van der Waals surface area (Å²) in [5.74, 6) is -2.04. The first-order valence-corrected chi connectivity index (χ1v) is 7.63. The summed E-state index contributed by atoms with van der Waals surface area (Å²) >= 11 is 1.42. The largest absolute Gasteiger partial charge is 0.481 e. The molecule has 0 saturated heterocycles. The van der Waals surface area contributed by atoms with E-state index in [0.717, 1.165) is 22.9 Å². The van der Waals surface area contributed by atoms with E-state index in [0.29, 0.717) is 10.6 Å².